The molecule has 6 heteroatoms. The lowest BCUT2D eigenvalue weighted by Gasteiger charge is -2.11. The smallest absolute Gasteiger partial charge is 0.337 e. The van der Waals surface area contributed by atoms with E-state index in [1.54, 1.807) is 20.3 Å². The predicted molar refractivity (Wildman–Crippen MR) is 103 cm³/mol. The highest BCUT2D eigenvalue weighted by Crippen LogP contribution is 2.30. The summed E-state index contributed by atoms with van der Waals surface area (Å²) in [6.45, 7) is 0.553. The molecule has 0 amide bonds. The van der Waals surface area contributed by atoms with E-state index < -0.39 is 5.97 Å². The van der Waals surface area contributed by atoms with Gasteiger partial charge in [0.2, 0.25) is 0 Å². The summed E-state index contributed by atoms with van der Waals surface area (Å²) in [5, 5.41) is 11.1. The molecule has 4 aromatic rings. The normalized spacial score (nSPS) is 11.0. The molecule has 0 aliphatic rings. The molecule has 1 N–H and O–H groups in total. The van der Waals surface area contributed by atoms with E-state index in [0.717, 1.165) is 27.5 Å². The van der Waals surface area contributed by atoms with Crippen LogP contribution in [0.1, 0.15) is 15.9 Å². The van der Waals surface area contributed by atoms with Crippen molar-refractivity contribution in [3.8, 4) is 11.5 Å². The van der Waals surface area contributed by atoms with Crippen LogP contribution in [-0.2, 0) is 6.54 Å². The number of carboxylic acid groups (broad SMARTS) is 1. The second kappa shape index (κ2) is 6.64. The van der Waals surface area contributed by atoms with Gasteiger partial charge in [0.15, 0.2) is 0 Å². The third kappa shape index (κ3) is 2.95. The molecule has 2 heterocycles. The van der Waals surface area contributed by atoms with Crippen molar-refractivity contribution in [3.63, 3.8) is 0 Å². The maximum Gasteiger partial charge on any atom is 0.337 e. The van der Waals surface area contributed by atoms with Crippen LogP contribution in [-0.4, -0.2) is 34.8 Å². The first-order chi connectivity index (χ1) is 13.1. The summed E-state index contributed by atoms with van der Waals surface area (Å²) < 4.78 is 12.8. The minimum atomic E-state index is -0.987. The Hall–Kier alpha value is -3.54. The molecule has 0 saturated carbocycles. The van der Waals surface area contributed by atoms with E-state index in [-0.39, 0.29) is 5.56 Å². The third-order valence-corrected chi connectivity index (χ3v) is 4.61. The van der Waals surface area contributed by atoms with Gasteiger partial charge in [-0.1, -0.05) is 18.2 Å². The Labute approximate surface area is 155 Å². The average Bonchev–Trinajstić information content (AvgIpc) is 3.01. The lowest BCUT2D eigenvalue weighted by molar-refractivity contribution is 0.0696. The molecule has 0 atom stereocenters. The van der Waals surface area contributed by atoms with Crippen LogP contribution in [0.3, 0.4) is 0 Å². The number of hydrogen-bond donors (Lipinski definition) is 1. The number of rotatable bonds is 5. The van der Waals surface area contributed by atoms with Crippen LogP contribution in [0.25, 0.3) is 21.9 Å². The summed E-state index contributed by atoms with van der Waals surface area (Å²) in [6.07, 6.45) is 1.40. The Bertz CT molecular complexity index is 1140. The molecule has 0 spiro atoms. The lowest BCUT2D eigenvalue weighted by Crippen LogP contribution is -2.03. The van der Waals surface area contributed by atoms with E-state index in [1.165, 1.54) is 6.20 Å². The Morgan fingerprint density at radius 2 is 1.74 bits per heavy atom. The van der Waals surface area contributed by atoms with E-state index in [0.29, 0.717) is 18.0 Å². The van der Waals surface area contributed by atoms with Crippen LogP contribution in [0.15, 0.2) is 54.7 Å². The zero-order valence-corrected chi connectivity index (χ0v) is 15.0. The first-order valence-corrected chi connectivity index (χ1v) is 8.43. The number of carbonyl (C=O) groups is 1. The minimum absolute atomic E-state index is 0.174. The number of nitrogens with zero attached hydrogens (tertiary/aromatic N) is 2. The summed E-state index contributed by atoms with van der Waals surface area (Å²) in [6, 6.07) is 15.3. The summed E-state index contributed by atoms with van der Waals surface area (Å²) in [5.74, 6) is 0.441. The van der Waals surface area contributed by atoms with Crippen molar-refractivity contribution in [3.05, 3.63) is 65.9 Å². The monoisotopic (exact) mass is 362 g/mol. The fourth-order valence-corrected chi connectivity index (χ4v) is 3.34. The number of methoxy groups -OCH3 is 2. The minimum Gasteiger partial charge on any atom is -0.497 e. The molecule has 6 nitrogen and oxygen atoms in total. The van der Waals surface area contributed by atoms with E-state index in [9.17, 15) is 9.90 Å². The summed E-state index contributed by atoms with van der Waals surface area (Å²) >= 11 is 0. The van der Waals surface area contributed by atoms with Gasteiger partial charge in [0.05, 0.1) is 25.3 Å². The molecule has 27 heavy (non-hydrogen) atoms. The second-order valence-electron chi connectivity index (χ2n) is 6.22. The fraction of sp³-hybridized carbons (Fsp3) is 0.143. The number of aromatic carboxylic acids is 1. The van der Waals surface area contributed by atoms with Gasteiger partial charge in [0.25, 0.3) is 0 Å². The first-order valence-electron chi connectivity index (χ1n) is 8.43. The van der Waals surface area contributed by atoms with Crippen molar-refractivity contribution >= 4 is 27.9 Å². The van der Waals surface area contributed by atoms with Crippen molar-refractivity contribution in [1.29, 1.82) is 0 Å². The number of pyridine rings is 1. The molecule has 2 aromatic heterocycles. The van der Waals surface area contributed by atoms with Crippen LogP contribution in [0.2, 0.25) is 0 Å². The Kier molecular flexibility index (Phi) is 4.16. The van der Waals surface area contributed by atoms with Crippen molar-refractivity contribution < 1.29 is 19.4 Å². The molecular weight excluding hydrogens is 344 g/mol. The summed E-state index contributed by atoms with van der Waals surface area (Å²) in [4.78, 5) is 15.8. The number of aromatic nitrogens is 2. The maximum atomic E-state index is 11.3. The van der Waals surface area contributed by atoms with Gasteiger partial charge in [-0.3, -0.25) is 0 Å². The molecular formula is C21H18N2O4. The van der Waals surface area contributed by atoms with Gasteiger partial charge in [-0.25, -0.2) is 9.78 Å². The largest absolute Gasteiger partial charge is 0.497 e. The number of benzene rings is 2. The van der Waals surface area contributed by atoms with Gasteiger partial charge in [0.1, 0.15) is 17.1 Å². The van der Waals surface area contributed by atoms with E-state index >= 15 is 0 Å². The van der Waals surface area contributed by atoms with Crippen molar-refractivity contribution in [2.75, 3.05) is 14.2 Å². The summed E-state index contributed by atoms with van der Waals surface area (Å²) in [5.41, 5.74) is 2.90. The molecule has 2 aromatic carbocycles. The zero-order valence-electron chi connectivity index (χ0n) is 15.0. The van der Waals surface area contributed by atoms with Crippen LogP contribution in [0.5, 0.6) is 11.5 Å². The molecule has 136 valence electrons. The van der Waals surface area contributed by atoms with E-state index in [4.69, 9.17) is 9.47 Å². The van der Waals surface area contributed by atoms with Gasteiger partial charge in [-0.15, -0.1) is 0 Å². The molecule has 0 saturated heterocycles. The molecule has 0 unspecified atom stereocenters. The Balaban J connectivity index is 1.92. The number of hydrogen-bond acceptors (Lipinski definition) is 4. The molecule has 0 aliphatic carbocycles. The van der Waals surface area contributed by atoms with E-state index in [2.05, 4.69) is 9.55 Å². The molecule has 0 aliphatic heterocycles. The highest BCUT2D eigenvalue weighted by Gasteiger charge is 2.15. The van der Waals surface area contributed by atoms with Gasteiger partial charge < -0.3 is 19.1 Å². The average molecular weight is 362 g/mol. The van der Waals surface area contributed by atoms with Gasteiger partial charge in [0, 0.05) is 29.6 Å². The van der Waals surface area contributed by atoms with Crippen molar-refractivity contribution in [1.82, 2.24) is 9.55 Å². The second-order valence-corrected chi connectivity index (χ2v) is 6.22. The van der Waals surface area contributed by atoms with Crippen LogP contribution < -0.4 is 9.47 Å². The third-order valence-electron chi connectivity index (χ3n) is 4.61. The molecule has 0 bridgehead atoms. The molecule has 0 fully saturated rings. The Morgan fingerprint density at radius 1 is 1.04 bits per heavy atom. The predicted octanol–water partition coefficient (Wildman–Crippen LogP) is 3.95. The van der Waals surface area contributed by atoms with Crippen molar-refractivity contribution in [2.24, 2.45) is 0 Å². The van der Waals surface area contributed by atoms with Crippen LogP contribution in [0, 0.1) is 0 Å². The SMILES string of the molecule is COc1cc(Cn2c3ccccc3c3cc(C(=O)O)cnc32)cc(OC)c1. The van der Waals surface area contributed by atoms with Crippen LogP contribution in [0.4, 0.5) is 0 Å². The number of ether oxygens (including phenoxy) is 2. The summed E-state index contributed by atoms with van der Waals surface area (Å²) in [7, 11) is 3.24. The van der Waals surface area contributed by atoms with Gasteiger partial charge >= 0.3 is 5.97 Å². The Morgan fingerprint density at radius 3 is 2.41 bits per heavy atom. The maximum absolute atomic E-state index is 11.3. The number of fused-ring (bicyclic) bond motifs is 3. The fourth-order valence-electron chi connectivity index (χ4n) is 3.34. The number of para-hydroxylation sites is 1. The van der Waals surface area contributed by atoms with Crippen molar-refractivity contribution in [2.45, 2.75) is 6.54 Å². The highest BCUT2D eigenvalue weighted by molar-refractivity contribution is 6.08. The highest BCUT2D eigenvalue weighted by atomic mass is 16.5. The zero-order chi connectivity index (χ0) is 19.0. The van der Waals surface area contributed by atoms with Gasteiger partial charge in [-0.2, -0.15) is 0 Å². The topological polar surface area (TPSA) is 73.6 Å². The lowest BCUT2D eigenvalue weighted by atomic mass is 10.1. The number of carboxylic acids is 1. The molecule has 0 radical (unpaired) electrons. The standard InChI is InChI=1S/C21H18N2O4/c1-26-15-7-13(8-16(10-15)27-2)12-23-19-6-4-3-5-17(19)18-9-14(21(24)25)11-22-20(18)23/h3-11H,12H2,1-2H3,(H,24,25). The quantitative estimate of drug-likeness (QED) is 0.582. The van der Waals surface area contributed by atoms with E-state index in [1.807, 2.05) is 42.5 Å². The van der Waals surface area contributed by atoms with Gasteiger partial charge in [-0.05, 0) is 29.8 Å². The first kappa shape index (κ1) is 16.9. The molecule has 4 rings (SSSR count). The van der Waals surface area contributed by atoms with Crippen LogP contribution >= 0.6 is 0 Å².